The molecule has 0 radical (unpaired) electrons. The lowest BCUT2D eigenvalue weighted by molar-refractivity contribution is -0.119. The van der Waals surface area contributed by atoms with E-state index < -0.39 is 0 Å². The van der Waals surface area contributed by atoms with Crippen molar-refractivity contribution in [2.75, 3.05) is 40.5 Å². The van der Waals surface area contributed by atoms with E-state index in [4.69, 9.17) is 47.4 Å². The number of methoxy groups -OCH3 is 2. The topological polar surface area (TPSA) is 132 Å². The standard InChI is InChI=1S/C34H37Cl2N7O4/c1-45-33-28(15-37-13-20-11-12-47-19-20)39-17-26(42-33)24-7-3-5-22(31(24)35)23-6-4-8-25(32(23)36)27-18-40-29(34(43-27)46-2)16-38-14-21-9-10-30(44)41-21/h3-8,17-18,20-21,37-38H,9-16,19H2,1-2H3,(H,41,44). The Morgan fingerprint density at radius 1 is 0.830 bits per heavy atom. The monoisotopic (exact) mass is 677 g/mol. The molecule has 47 heavy (non-hydrogen) atoms. The van der Waals surface area contributed by atoms with Crippen LogP contribution in [-0.4, -0.2) is 72.4 Å². The largest absolute Gasteiger partial charge is 0.480 e. The number of nitrogens with one attached hydrogen (secondary N) is 3. The van der Waals surface area contributed by atoms with Crippen LogP contribution in [0.5, 0.6) is 11.8 Å². The molecule has 246 valence electrons. The number of carbonyl (C=O) groups excluding carboxylic acids is 1. The molecule has 1 amide bonds. The molecule has 0 saturated carbocycles. The number of hydrogen-bond donors (Lipinski definition) is 3. The Morgan fingerprint density at radius 2 is 1.38 bits per heavy atom. The van der Waals surface area contributed by atoms with E-state index in [9.17, 15) is 4.79 Å². The minimum Gasteiger partial charge on any atom is -0.480 e. The zero-order chi connectivity index (χ0) is 32.8. The quantitative estimate of drug-likeness (QED) is 0.176. The van der Waals surface area contributed by atoms with Crippen LogP contribution in [0.2, 0.25) is 10.0 Å². The van der Waals surface area contributed by atoms with Crippen molar-refractivity contribution in [2.24, 2.45) is 5.92 Å². The molecule has 2 saturated heterocycles. The zero-order valence-corrected chi connectivity index (χ0v) is 27.8. The Bertz CT molecular complexity index is 1740. The van der Waals surface area contributed by atoms with Gasteiger partial charge < -0.3 is 30.2 Å². The summed E-state index contributed by atoms with van der Waals surface area (Å²) in [6.45, 7) is 4.07. The fourth-order valence-electron chi connectivity index (χ4n) is 5.83. The van der Waals surface area contributed by atoms with Gasteiger partial charge in [-0.3, -0.25) is 14.8 Å². The molecule has 2 aliphatic heterocycles. The van der Waals surface area contributed by atoms with Crippen LogP contribution in [0.1, 0.15) is 30.7 Å². The summed E-state index contributed by atoms with van der Waals surface area (Å²) in [5.41, 5.74) is 5.39. The molecule has 2 aromatic carbocycles. The molecule has 2 fully saturated rings. The maximum atomic E-state index is 11.5. The van der Waals surface area contributed by atoms with Crippen molar-refractivity contribution in [2.45, 2.75) is 38.4 Å². The van der Waals surface area contributed by atoms with Crippen molar-refractivity contribution in [3.8, 4) is 45.4 Å². The van der Waals surface area contributed by atoms with Crippen LogP contribution in [0.3, 0.4) is 0 Å². The van der Waals surface area contributed by atoms with Gasteiger partial charge in [-0.25, -0.2) is 9.97 Å². The third-order valence-corrected chi connectivity index (χ3v) is 9.18. The van der Waals surface area contributed by atoms with Crippen LogP contribution < -0.4 is 25.4 Å². The van der Waals surface area contributed by atoms with Gasteiger partial charge in [-0.05, 0) is 18.8 Å². The first-order valence-electron chi connectivity index (χ1n) is 15.6. The molecule has 2 aromatic heterocycles. The predicted molar refractivity (Wildman–Crippen MR) is 181 cm³/mol. The van der Waals surface area contributed by atoms with Crippen LogP contribution >= 0.6 is 23.2 Å². The van der Waals surface area contributed by atoms with E-state index in [0.29, 0.717) is 82.0 Å². The Labute approximate surface area is 283 Å². The van der Waals surface area contributed by atoms with E-state index in [2.05, 4.69) is 25.9 Å². The zero-order valence-electron chi connectivity index (χ0n) is 26.3. The maximum absolute atomic E-state index is 11.5. The number of nitrogens with zero attached hydrogens (tertiary/aromatic N) is 4. The highest BCUT2D eigenvalue weighted by Gasteiger charge is 2.22. The Hall–Kier alpha value is -3.87. The second-order valence-electron chi connectivity index (χ2n) is 11.6. The number of aromatic nitrogens is 4. The van der Waals surface area contributed by atoms with Gasteiger partial charge in [0.15, 0.2) is 0 Å². The van der Waals surface area contributed by atoms with Gasteiger partial charge in [0.05, 0.1) is 54.7 Å². The average molecular weight is 679 g/mol. The second kappa shape index (κ2) is 15.4. The first-order chi connectivity index (χ1) is 22.9. The van der Waals surface area contributed by atoms with Crippen LogP contribution in [-0.2, 0) is 22.6 Å². The summed E-state index contributed by atoms with van der Waals surface area (Å²) < 4.78 is 16.6. The van der Waals surface area contributed by atoms with Crippen LogP contribution in [0.4, 0.5) is 0 Å². The molecular formula is C34H37Cl2N7O4. The van der Waals surface area contributed by atoms with Crippen molar-refractivity contribution in [1.82, 2.24) is 35.9 Å². The minimum atomic E-state index is 0.0861. The van der Waals surface area contributed by atoms with Gasteiger partial charge in [0, 0.05) is 67.5 Å². The highest BCUT2D eigenvalue weighted by molar-refractivity contribution is 6.39. The molecule has 0 bridgehead atoms. The van der Waals surface area contributed by atoms with Gasteiger partial charge in [0.1, 0.15) is 11.4 Å². The summed E-state index contributed by atoms with van der Waals surface area (Å²) in [4.78, 5) is 30.2. The lowest BCUT2D eigenvalue weighted by Gasteiger charge is -2.15. The molecule has 2 unspecified atom stereocenters. The van der Waals surface area contributed by atoms with Crippen molar-refractivity contribution >= 4 is 29.1 Å². The van der Waals surface area contributed by atoms with Gasteiger partial charge in [-0.1, -0.05) is 59.6 Å². The fraction of sp³-hybridized carbons (Fsp3) is 0.382. The fourth-order valence-corrected chi connectivity index (χ4v) is 6.48. The van der Waals surface area contributed by atoms with Crippen molar-refractivity contribution in [1.29, 1.82) is 0 Å². The SMILES string of the molecule is COc1nc(-c2cccc(-c3cccc(-c4cnc(CNCC5CCC(=O)N5)c(OC)n4)c3Cl)c2Cl)cnc1CNCC1CCOC1. The van der Waals surface area contributed by atoms with Crippen LogP contribution in [0, 0.1) is 5.92 Å². The molecular weight excluding hydrogens is 641 g/mol. The molecule has 4 aromatic rings. The van der Waals surface area contributed by atoms with Crippen LogP contribution in [0.15, 0.2) is 48.8 Å². The Kier molecular flexibility index (Phi) is 10.8. The summed E-state index contributed by atoms with van der Waals surface area (Å²) >= 11 is 14.1. The molecule has 13 heteroatoms. The third-order valence-electron chi connectivity index (χ3n) is 8.37. The first-order valence-corrected chi connectivity index (χ1v) is 16.4. The molecule has 2 aliphatic rings. The number of benzene rings is 2. The summed E-state index contributed by atoms with van der Waals surface area (Å²) in [6, 6.07) is 11.5. The van der Waals surface area contributed by atoms with Crippen molar-refractivity contribution < 1.29 is 19.0 Å². The third kappa shape index (κ3) is 7.66. The van der Waals surface area contributed by atoms with Gasteiger partial charge in [0.2, 0.25) is 17.7 Å². The van der Waals surface area contributed by atoms with E-state index >= 15 is 0 Å². The number of amides is 1. The average Bonchev–Trinajstić information content (AvgIpc) is 3.77. The van der Waals surface area contributed by atoms with E-state index in [-0.39, 0.29) is 11.9 Å². The Balaban J connectivity index is 1.21. The number of rotatable bonds is 13. The van der Waals surface area contributed by atoms with Crippen LogP contribution in [0.25, 0.3) is 33.6 Å². The molecule has 3 N–H and O–H groups in total. The first kappa shape index (κ1) is 33.0. The summed E-state index contributed by atoms with van der Waals surface area (Å²) in [6.07, 6.45) is 5.83. The van der Waals surface area contributed by atoms with E-state index in [1.54, 1.807) is 26.6 Å². The lowest BCUT2D eigenvalue weighted by Crippen LogP contribution is -2.35. The van der Waals surface area contributed by atoms with Crippen molar-refractivity contribution in [3.05, 3.63) is 70.2 Å². The molecule has 0 aliphatic carbocycles. The van der Waals surface area contributed by atoms with Gasteiger partial charge >= 0.3 is 0 Å². The highest BCUT2D eigenvalue weighted by atomic mass is 35.5. The summed E-state index contributed by atoms with van der Waals surface area (Å²) in [7, 11) is 3.15. The Morgan fingerprint density at radius 3 is 1.87 bits per heavy atom. The van der Waals surface area contributed by atoms with E-state index in [1.165, 1.54) is 0 Å². The smallest absolute Gasteiger partial charge is 0.237 e. The van der Waals surface area contributed by atoms with E-state index in [1.807, 2.05) is 36.4 Å². The molecule has 11 nitrogen and oxygen atoms in total. The number of carbonyl (C=O) groups is 1. The molecule has 0 spiro atoms. The molecule has 2 atom stereocenters. The molecule has 4 heterocycles. The predicted octanol–water partition coefficient (Wildman–Crippen LogP) is 5.09. The van der Waals surface area contributed by atoms with Crippen molar-refractivity contribution in [3.63, 3.8) is 0 Å². The normalized spacial score (nSPS) is 17.6. The summed E-state index contributed by atoms with van der Waals surface area (Å²) in [5, 5.41) is 10.7. The maximum Gasteiger partial charge on any atom is 0.237 e. The number of ether oxygens (including phenoxy) is 3. The van der Waals surface area contributed by atoms with Gasteiger partial charge in [0.25, 0.3) is 0 Å². The van der Waals surface area contributed by atoms with Gasteiger partial charge in [-0.2, -0.15) is 0 Å². The number of halogens is 2. The lowest BCUT2D eigenvalue weighted by atomic mass is 9.98. The second-order valence-corrected chi connectivity index (χ2v) is 12.3. The minimum absolute atomic E-state index is 0.0861. The highest BCUT2D eigenvalue weighted by Crippen LogP contribution is 2.42. The molecule has 6 rings (SSSR count). The van der Waals surface area contributed by atoms with E-state index in [0.717, 1.165) is 49.4 Å². The van der Waals surface area contributed by atoms with Gasteiger partial charge in [-0.15, -0.1) is 0 Å². The summed E-state index contributed by atoms with van der Waals surface area (Å²) in [5.74, 6) is 1.43. The number of hydrogen-bond acceptors (Lipinski definition) is 10.